The molecular weight excluding hydrogens is 252 g/mol. The standard InChI is InChI=1S/C17H24OS/c1-12-3-2-4-17(7-12)19-11-16(18)10-15-9-13-5-6-14(15)8-13/h2-4,7,13-16,18H,5-6,8-11H2,1H3. The lowest BCUT2D eigenvalue weighted by Gasteiger charge is -2.24. The van der Waals surface area contributed by atoms with Crippen LogP contribution in [0.2, 0.25) is 0 Å². The van der Waals surface area contributed by atoms with Gasteiger partial charge >= 0.3 is 0 Å². The minimum absolute atomic E-state index is 0.130. The van der Waals surface area contributed by atoms with Crippen molar-refractivity contribution in [1.82, 2.24) is 0 Å². The molecule has 1 N–H and O–H groups in total. The maximum atomic E-state index is 10.2. The van der Waals surface area contributed by atoms with Gasteiger partial charge in [-0.2, -0.15) is 0 Å². The van der Waals surface area contributed by atoms with Gasteiger partial charge in [-0.25, -0.2) is 0 Å². The predicted octanol–water partition coefficient (Wildman–Crippen LogP) is 4.27. The van der Waals surface area contributed by atoms with E-state index in [1.54, 1.807) is 11.8 Å². The zero-order valence-corrected chi connectivity index (χ0v) is 12.5. The Labute approximate surface area is 120 Å². The lowest BCUT2D eigenvalue weighted by Crippen LogP contribution is -2.20. The molecule has 1 aromatic rings. The second kappa shape index (κ2) is 5.88. The van der Waals surface area contributed by atoms with E-state index in [9.17, 15) is 5.11 Å². The molecule has 0 heterocycles. The number of thioether (sulfide) groups is 1. The molecule has 2 aliphatic rings. The molecule has 2 heteroatoms. The van der Waals surface area contributed by atoms with E-state index in [4.69, 9.17) is 0 Å². The quantitative estimate of drug-likeness (QED) is 0.810. The third kappa shape index (κ3) is 3.35. The molecule has 0 aromatic heterocycles. The van der Waals surface area contributed by atoms with Gasteiger partial charge in [0.2, 0.25) is 0 Å². The topological polar surface area (TPSA) is 20.2 Å². The highest BCUT2D eigenvalue weighted by molar-refractivity contribution is 7.99. The molecule has 19 heavy (non-hydrogen) atoms. The van der Waals surface area contributed by atoms with Crippen LogP contribution in [-0.2, 0) is 0 Å². The molecule has 0 saturated heterocycles. The fourth-order valence-electron chi connectivity index (χ4n) is 3.98. The van der Waals surface area contributed by atoms with Crippen LogP contribution in [0, 0.1) is 24.7 Å². The second-order valence-corrected chi connectivity index (χ2v) is 7.55. The van der Waals surface area contributed by atoms with Crippen LogP contribution in [0.1, 0.15) is 37.7 Å². The van der Waals surface area contributed by atoms with Crippen molar-refractivity contribution in [2.75, 3.05) is 5.75 Å². The van der Waals surface area contributed by atoms with Gasteiger partial charge in [0, 0.05) is 10.6 Å². The minimum atomic E-state index is -0.130. The molecule has 1 nitrogen and oxygen atoms in total. The van der Waals surface area contributed by atoms with Gasteiger partial charge in [0.05, 0.1) is 6.10 Å². The van der Waals surface area contributed by atoms with E-state index in [1.165, 1.54) is 36.1 Å². The van der Waals surface area contributed by atoms with E-state index in [-0.39, 0.29) is 6.10 Å². The van der Waals surface area contributed by atoms with Gasteiger partial charge in [0.1, 0.15) is 0 Å². The highest BCUT2D eigenvalue weighted by atomic mass is 32.2. The van der Waals surface area contributed by atoms with Crippen LogP contribution < -0.4 is 0 Å². The summed E-state index contributed by atoms with van der Waals surface area (Å²) in [5.41, 5.74) is 1.30. The first-order valence-corrected chi connectivity index (χ1v) is 8.57. The number of aliphatic hydroxyl groups excluding tert-OH is 1. The van der Waals surface area contributed by atoms with E-state index < -0.39 is 0 Å². The number of rotatable bonds is 5. The number of aliphatic hydroxyl groups is 1. The largest absolute Gasteiger partial charge is 0.392 e. The van der Waals surface area contributed by atoms with Crippen LogP contribution in [0.15, 0.2) is 29.2 Å². The van der Waals surface area contributed by atoms with Crippen molar-refractivity contribution in [1.29, 1.82) is 0 Å². The van der Waals surface area contributed by atoms with E-state index in [0.29, 0.717) is 0 Å². The zero-order valence-electron chi connectivity index (χ0n) is 11.7. The summed E-state index contributed by atoms with van der Waals surface area (Å²) in [6, 6.07) is 8.56. The van der Waals surface area contributed by atoms with E-state index in [1.807, 2.05) is 0 Å². The summed E-state index contributed by atoms with van der Waals surface area (Å²) in [7, 11) is 0. The van der Waals surface area contributed by atoms with Crippen LogP contribution in [-0.4, -0.2) is 17.0 Å². The van der Waals surface area contributed by atoms with E-state index >= 15 is 0 Å². The van der Waals surface area contributed by atoms with Gasteiger partial charge < -0.3 is 5.11 Å². The van der Waals surface area contributed by atoms with Gasteiger partial charge in [-0.3, -0.25) is 0 Å². The van der Waals surface area contributed by atoms with Crippen molar-refractivity contribution < 1.29 is 5.11 Å². The minimum Gasteiger partial charge on any atom is -0.392 e. The molecule has 2 bridgehead atoms. The molecule has 1 aromatic carbocycles. The average molecular weight is 276 g/mol. The Hall–Kier alpha value is -0.470. The molecule has 0 amide bonds. The summed E-state index contributed by atoms with van der Waals surface area (Å²) in [5, 5.41) is 10.2. The lowest BCUT2D eigenvalue weighted by molar-refractivity contribution is 0.144. The van der Waals surface area contributed by atoms with Gasteiger partial charge in [-0.1, -0.05) is 24.1 Å². The summed E-state index contributed by atoms with van der Waals surface area (Å²) >= 11 is 1.80. The average Bonchev–Trinajstić information content (AvgIpc) is 2.99. The summed E-state index contributed by atoms with van der Waals surface area (Å²) in [5.74, 6) is 3.58. The first-order chi connectivity index (χ1) is 9.20. The van der Waals surface area contributed by atoms with Crippen molar-refractivity contribution in [2.45, 2.75) is 50.0 Å². The van der Waals surface area contributed by atoms with Gasteiger partial charge in [0.15, 0.2) is 0 Å². The molecular formula is C17H24OS. The maximum absolute atomic E-state index is 10.2. The highest BCUT2D eigenvalue weighted by Gasteiger charge is 2.39. The fraction of sp³-hybridized carbons (Fsp3) is 0.647. The Kier molecular flexibility index (Phi) is 4.18. The molecule has 2 fully saturated rings. The van der Waals surface area contributed by atoms with Crippen molar-refractivity contribution in [3.8, 4) is 0 Å². The first kappa shape index (κ1) is 13.5. The van der Waals surface area contributed by atoms with Crippen molar-refractivity contribution in [2.24, 2.45) is 17.8 Å². The van der Waals surface area contributed by atoms with Crippen LogP contribution in [0.4, 0.5) is 0 Å². The van der Waals surface area contributed by atoms with E-state index in [2.05, 4.69) is 31.2 Å². The third-order valence-corrected chi connectivity index (χ3v) is 6.03. The highest BCUT2D eigenvalue weighted by Crippen LogP contribution is 2.50. The SMILES string of the molecule is Cc1cccc(SCC(O)CC2CC3CCC2C3)c1. The number of benzene rings is 1. The Bertz CT molecular complexity index is 431. The molecule has 2 saturated carbocycles. The Morgan fingerprint density at radius 1 is 1.32 bits per heavy atom. The monoisotopic (exact) mass is 276 g/mol. The van der Waals surface area contributed by atoms with Crippen molar-refractivity contribution in [3.05, 3.63) is 29.8 Å². The fourth-order valence-corrected chi connectivity index (χ4v) is 4.95. The zero-order chi connectivity index (χ0) is 13.2. The summed E-state index contributed by atoms with van der Waals surface area (Å²) < 4.78 is 0. The Morgan fingerprint density at radius 2 is 2.21 bits per heavy atom. The van der Waals surface area contributed by atoms with Gasteiger partial charge in [-0.05, 0) is 62.5 Å². The van der Waals surface area contributed by atoms with Crippen LogP contribution >= 0.6 is 11.8 Å². The second-order valence-electron chi connectivity index (χ2n) is 6.45. The normalized spacial score (nSPS) is 30.7. The lowest BCUT2D eigenvalue weighted by atomic mass is 9.85. The molecule has 4 unspecified atom stereocenters. The molecule has 4 atom stereocenters. The molecule has 2 aliphatic carbocycles. The summed E-state index contributed by atoms with van der Waals surface area (Å²) in [4.78, 5) is 1.28. The Morgan fingerprint density at radius 3 is 2.89 bits per heavy atom. The number of hydrogen-bond donors (Lipinski definition) is 1. The molecule has 3 rings (SSSR count). The Balaban J connectivity index is 1.45. The van der Waals surface area contributed by atoms with E-state index in [0.717, 1.165) is 29.9 Å². The summed E-state index contributed by atoms with van der Waals surface area (Å²) in [6.45, 7) is 2.12. The smallest absolute Gasteiger partial charge is 0.0636 e. The van der Waals surface area contributed by atoms with Crippen molar-refractivity contribution in [3.63, 3.8) is 0 Å². The first-order valence-electron chi connectivity index (χ1n) is 7.58. The van der Waals surface area contributed by atoms with Crippen LogP contribution in [0.3, 0.4) is 0 Å². The molecule has 0 spiro atoms. The third-order valence-electron chi connectivity index (χ3n) is 4.89. The predicted molar refractivity (Wildman–Crippen MR) is 81.5 cm³/mol. The molecule has 104 valence electrons. The maximum Gasteiger partial charge on any atom is 0.0636 e. The number of fused-ring (bicyclic) bond motifs is 2. The van der Waals surface area contributed by atoms with Crippen molar-refractivity contribution >= 4 is 11.8 Å². The van der Waals surface area contributed by atoms with Gasteiger partial charge in [-0.15, -0.1) is 11.8 Å². The van der Waals surface area contributed by atoms with Crippen LogP contribution in [0.25, 0.3) is 0 Å². The summed E-state index contributed by atoms with van der Waals surface area (Å²) in [6.07, 6.45) is 6.61. The molecule has 0 radical (unpaired) electrons. The van der Waals surface area contributed by atoms with Gasteiger partial charge in [0.25, 0.3) is 0 Å². The molecule has 0 aliphatic heterocycles. The number of hydrogen-bond acceptors (Lipinski definition) is 2. The number of aryl methyl sites for hydroxylation is 1. The van der Waals surface area contributed by atoms with Crippen LogP contribution in [0.5, 0.6) is 0 Å².